The highest BCUT2D eigenvalue weighted by Gasteiger charge is 2.59. The largest absolute Gasteiger partial charge is 0.368 e. The van der Waals surface area contributed by atoms with E-state index in [1.165, 1.54) is 0 Å². The lowest BCUT2D eigenvalue weighted by Gasteiger charge is -2.49. The molecule has 4 aliphatic heterocycles. The van der Waals surface area contributed by atoms with E-state index in [2.05, 4.69) is 0 Å². The number of ether oxygens (including phenoxy) is 10. The summed E-state index contributed by atoms with van der Waals surface area (Å²) in [7, 11) is 0. The maximum absolute atomic E-state index is 11.5. The number of benzene rings is 3. The average Bonchev–Trinajstić information content (AvgIpc) is 3.45. The molecule has 50 heavy (non-hydrogen) atoms. The van der Waals surface area contributed by atoms with Crippen LogP contribution in [0.15, 0.2) is 91.0 Å². The lowest BCUT2D eigenvalue weighted by atomic mass is 9.97. The molecule has 0 saturated carbocycles. The number of hydrogen-bond donors (Lipinski definition) is 1. The number of hydrogen-bond acceptors (Lipinski definition) is 11. The van der Waals surface area contributed by atoms with Crippen molar-refractivity contribution in [2.24, 2.45) is 0 Å². The second-order valence-corrected chi connectivity index (χ2v) is 14.1. The number of rotatable bonds is 12. The quantitative estimate of drug-likeness (QED) is 0.281. The molecule has 11 heteroatoms. The predicted octanol–water partition coefficient (Wildman–Crippen LogP) is 4.87. The van der Waals surface area contributed by atoms with Crippen LogP contribution in [0.25, 0.3) is 0 Å². The van der Waals surface area contributed by atoms with Gasteiger partial charge in [-0.25, -0.2) is 0 Å². The van der Waals surface area contributed by atoms with Gasteiger partial charge in [0.2, 0.25) is 0 Å². The molecule has 4 aliphatic rings. The van der Waals surface area contributed by atoms with Gasteiger partial charge in [-0.2, -0.15) is 0 Å². The highest BCUT2D eigenvalue weighted by atomic mass is 16.8. The first-order valence-corrected chi connectivity index (χ1v) is 17.4. The van der Waals surface area contributed by atoms with Crippen LogP contribution in [0.2, 0.25) is 0 Å². The molecule has 0 bridgehead atoms. The summed E-state index contributed by atoms with van der Waals surface area (Å²) in [6, 6.07) is 29.5. The van der Waals surface area contributed by atoms with Crippen LogP contribution in [-0.4, -0.2) is 91.3 Å². The van der Waals surface area contributed by atoms with E-state index in [1.807, 2.05) is 119 Å². The zero-order valence-corrected chi connectivity index (χ0v) is 29.0. The van der Waals surface area contributed by atoms with E-state index in [0.717, 1.165) is 16.7 Å². The minimum atomic E-state index is -1.33. The van der Waals surface area contributed by atoms with Gasteiger partial charge >= 0.3 is 0 Å². The molecule has 0 aromatic heterocycles. The van der Waals surface area contributed by atoms with Crippen molar-refractivity contribution in [1.82, 2.24) is 0 Å². The Balaban J connectivity index is 1.13. The zero-order chi connectivity index (χ0) is 34.7. The first-order valence-electron chi connectivity index (χ1n) is 17.4. The Hall–Kier alpha value is -2.78. The molecular formula is C39H48O11. The van der Waals surface area contributed by atoms with Crippen LogP contribution in [0.5, 0.6) is 0 Å². The highest BCUT2D eigenvalue weighted by Crippen LogP contribution is 2.42. The summed E-state index contributed by atoms with van der Waals surface area (Å²) in [4.78, 5) is 0. The van der Waals surface area contributed by atoms with Gasteiger partial charge < -0.3 is 52.5 Å². The van der Waals surface area contributed by atoms with Gasteiger partial charge in [0.15, 0.2) is 24.2 Å². The molecule has 3 aromatic carbocycles. The van der Waals surface area contributed by atoms with E-state index >= 15 is 0 Å². The number of fused-ring (bicyclic) bond motifs is 3. The lowest BCUT2D eigenvalue weighted by molar-refractivity contribution is -0.376. The van der Waals surface area contributed by atoms with Gasteiger partial charge in [0.1, 0.15) is 48.8 Å². The Labute approximate surface area is 293 Å². The molecule has 1 unspecified atom stereocenters. The Bertz CT molecular complexity index is 1490. The molecule has 4 fully saturated rings. The topological polar surface area (TPSA) is 113 Å². The third-order valence-electron chi connectivity index (χ3n) is 9.34. The van der Waals surface area contributed by atoms with Crippen LogP contribution >= 0.6 is 0 Å². The molecule has 0 radical (unpaired) electrons. The van der Waals surface area contributed by atoms with Gasteiger partial charge in [-0.15, -0.1) is 0 Å². The fraction of sp³-hybridized carbons (Fsp3) is 0.538. The fourth-order valence-corrected chi connectivity index (χ4v) is 6.96. The van der Waals surface area contributed by atoms with E-state index in [1.54, 1.807) is 0 Å². The van der Waals surface area contributed by atoms with Crippen molar-refractivity contribution >= 4 is 0 Å². The van der Waals surface area contributed by atoms with Gasteiger partial charge in [-0.3, -0.25) is 0 Å². The number of aliphatic hydroxyl groups excluding tert-OH is 1. The maximum atomic E-state index is 11.5. The molecule has 0 aliphatic carbocycles. The van der Waals surface area contributed by atoms with Crippen molar-refractivity contribution in [3.05, 3.63) is 108 Å². The van der Waals surface area contributed by atoms with E-state index < -0.39 is 73.0 Å². The van der Waals surface area contributed by atoms with Crippen LogP contribution in [0, 0.1) is 0 Å². The van der Waals surface area contributed by atoms with Crippen LogP contribution in [0.1, 0.15) is 44.4 Å². The van der Waals surface area contributed by atoms with E-state index in [0.29, 0.717) is 6.61 Å². The molecular weight excluding hydrogens is 644 g/mol. The van der Waals surface area contributed by atoms with Gasteiger partial charge in [0.05, 0.1) is 33.0 Å². The predicted molar refractivity (Wildman–Crippen MR) is 179 cm³/mol. The average molecular weight is 693 g/mol. The first kappa shape index (κ1) is 35.6. The molecule has 270 valence electrons. The van der Waals surface area contributed by atoms with Crippen molar-refractivity contribution in [2.45, 2.75) is 121 Å². The van der Waals surface area contributed by atoms with E-state index in [4.69, 9.17) is 47.4 Å². The molecule has 4 heterocycles. The fourth-order valence-electron chi connectivity index (χ4n) is 6.96. The summed E-state index contributed by atoms with van der Waals surface area (Å²) >= 11 is 0. The van der Waals surface area contributed by atoms with Gasteiger partial charge in [0.25, 0.3) is 0 Å². The van der Waals surface area contributed by atoms with Crippen LogP contribution < -0.4 is 0 Å². The summed E-state index contributed by atoms with van der Waals surface area (Å²) in [5.74, 6) is -1.66. The van der Waals surface area contributed by atoms with Gasteiger partial charge in [0, 0.05) is 0 Å². The Morgan fingerprint density at radius 1 is 0.580 bits per heavy atom. The van der Waals surface area contributed by atoms with Gasteiger partial charge in [-0.05, 0) is 44.4 Å². The molecule has 7 rings (SSSR count). The minimum absolute atomic E-state index is 0.00458. The summed E-state index contributed by atoms with van der Waals surface area (Å²) in [6.45, 7) is 8.57. The third kappa shape index (κ3) is 8.46. The number of aliphatic hydroxyl groups is 1. The molecule has 0 amide bonds. The normalized spacial score (nSPS) is 34.5. The Morgan fingerprint density at radius 3 is 1.66 bits per heavy atom. The SMILES string of the molecule is CC1(C)O[C@@H]2[C@H](O1)[C@@H](OC[C@H]1OC(O)[C@@H](OCc3ccccc3)[C@@H](OCc3ccccc3)[C@@H]1OCc1ccccc1)O[C@@H]1COC(C)(C)O[C@@H]21. The molecule has 1 N–H and O–H groups in total. The highest BCUT2D eigenvalue weighted by molar-refractivity contribution is 5.16. The van der Waals surface area contributed by atoms with Crippen LogP contribution in [0.4, 0.5) is 0 Å². The van der Waals surface area contributed by atoms with E-state index in [-0.39, 0.29) is 26.4 Å². The van der Waals surface area contributed by atoms with E-state index in [9.17, 15) is 5.11 Å². The van der Waals surface area contributed by atoms with Crippen molar-refractivity contribution in [2.75, 3.05) is 13.2 Å². The second kappa shape index (κ2) is 15.4. The maximum Gasteiger partial charge on any atom is 0.187 e. The summed E-state index contributed by atoms with van der Waals surface area (Å²) < 4.78 is 63.6. The van der Waals surface area contributed by atoms with Crippen LogP contribution in [0.3, 0.4) is 0 Å². The smallest absolute Gasteiger partial charge is 0.187 e. The second-order valence-electron chi connectivity index (χ2n) is 14.1. The van der Waals surface area contributed by atoms with Crippen LogP contribution in [-0.2, 0) is 67.2 Å². The molecule has 10 atom stereocenters. The summed E-state index contributed by atoms with van der Waals surface area (Å²) in [5.41, 5.74) is 2.91. The monoisotopic (exact) mass is 692 g/mol. The molecule has 3 aromatic rings. The minimum Gasteiger partial charge on any atom is -0.368 e. The lowest BCUT2D eigenvalue weighted by Crippen LogP contribution is -2.64. The Kier molecular flexibility index (Phi) is 11.0. The third-order valence-corrected chi connectivity index (χ3v) is 9.34. The Morgan fingerprint density at radius 2 is 1.08 bits per heavy atom. The zero-order valence-electron chi connectivity index (χ0n) is 29.0. The first-order chi connectivity index (χ1) is 24.1. The van der Waals surface area contributed by atoms with Crippen molar-refractivity contribution in [1.29, 1.82) is 0 Å². The van der Waals surface area contributed by atoms with Crippen molar-refractivity contribution in [3.8, 4) is 0 Å². The summed E-state index contributed by atoms with van der Waals surface area (Å²) in [5, 5.41) is 11.5. The van der Waals surface area contributed by atoms with Gasteiger partial charge in [-0.1, -0.05) is 91.0 Å². The molecule has 11 nitrogen and oxygen atoms in total. The molecule has 0 spiro atoms. The standard InChI is InChI=1S/C39H48O11/c1-38(2)45-24-29-31(48-38)33-35(50-39(3,4)49-33)37(47-29)44-23-28-30(41-20-25-14-8-5-9-15-25)32(42-21-26-16-10-6-11-17-26)34(36(40)46-28)43-22-27-18-12-7-13-19-27/h5-19,28-37,40H,20-24H2,1-4H3/t28-,29-,30-,31-,32+,33+,34+,35+,36?,37+/m1/s1. The summed E-state index contributed by atoms with van der Waals surface area (Å²) in [6.07, 6.45) is -7.08. The molecule has 4 saturated heterocycles. The van der Waals surface area contributed by atoms with Crippen molar-refractivity contribution < 1.29 is 52.5 Å². The van der Waals surface area contributed by atoms with Crippen molar-refractivity contribution in [3.63, 3.8) is 0 Å².